The molecule has 4 unspecified atom stereocenters. The molecule has 8 heterocycles. The van der Waals surface area contributed by atoms with Crippen molar-refractivity contribution in [3.8, 4) is 22.5 Å². The van der Waals surface area contributed by atoms with Crippen LogP contribution in [0.15, 0.2) is 73.3 Å². The highest BCUT2D eigenvalue weighted by Gasteiger charge is 2.32. The van der Waals surface area contributed by atoms with E-state index in [1.807, 2.05) is 70.5 Å². The number of piperazine rings is 1. The largest absolute Gasteiger partial charge is 0.388 e. The molecule has 0 aliphatic carbocycles. The van der Waals surface area contributed by atoms with Crippen molar-refractivity contribution in [2.24, 2.45) is 0 Å². The molecule has 0 bridgehead atoms. The quantitative estimate of drug-likeness (QED) is 0.0596. The molecule has 3 aliphatic heterocycles. The number of amides is 1. The van der Waals surface area contributed by atoms with Gasteiger partial charge in [-0.05, 0) is 116 Å². The van der Waals surface area contributed by atoms with Gasteiger partial charge in [0.15, 0.2) is 17.5 Å². The number of imidazole rings is 1. The number of pyridine rings is 2. The number of rotatable bonds is 14. The second-order valence-electron chi connectivity index (χ2n) is 20.7. The molecule has 0 saturated carbocycles. The average molecular weight is 1080 g/mol. The summed E-state index contributed by atoms with van der Waals surface area (Å²) in [5.41, 5.74) is 4.75. The number of nitrogens with one attached hydrogen (secondary N) is 4. The lowest BCUT2D eigenvalue weighted by Gasteiger charge is -2.42. The lowest BCUT2D eigenvalue weighted by Crippen LogP contribution is -2.54. The van der Waals surface area contributed by atoms with Crippen molar-refractivity contribution in [3.63, 3.8) is 0 Å². The lowest BCUT2D eigenvalue weighted by atomic mass is 10.1. The second-order valence-corrected chi connectivity index (χ2v) is 20.7. The van der Waals surface area contributed by atoms with Crippen molar-refractivity contribution in [2.75, 3.05) is 68.3 Å². The third kappa shape index (κ3) is 13.1. The van der Waals surface area contributed by atoms with Crippen molar-refractivity contribution >= 4 is 52.4 Å². The number of likely N-dealkylation sites (tertiary alicyclic amines) is 1. The molecule has 18 nitrogen and oxygen atoms in total. The van der Waals surface area contributed by atoms with Gasteiger partial charge in [-0.2, -0.15) is 0 Å². The Balaban J connectivity index is 0.000000196. The summed E-state index contributed by atoms with van der Waals surface area (Å²) in [5.74, 6) is -0.189. The van der Waals surface area contributed by atoms with Gasteiger partial charge in [-0.25, -0.2) is 52.4 Å². The highest BCUT2D eigenvalue weighted by Crippen LogP contribution is 2.41. The van der Waals surface area contributed by atoms with Gasteiger partial charge in [-0.1, -0.05) is 12.1 Å². The Morgan fingerprint density at radius 3 is 1.78 bits per heavy atom. The molecule has 7 aromatic rings. The first kappa shape index (κ1) is 56.8. The summed E-state index contributed by atoms with van der Waals surface area (Å²) in [6.45, 7) is 21.6. The maximum absolute atomic E-state index is 15.0. The molecule has 2 aromatic carbocycles. The standard InChI is InChI=1S/C28H36F2N8.C26H28F2N8O.C2H6O/c1-16(2)38-19(5)33-27-22(29)9-21(10-24(27)38)26-23(30)12-32-28(35-26)34-25-8-7-20(11-31-25)15-37-13-17(3)36(6)18(4)14-37;1-15(2)36-16(3)32-25-20(27)8-18(9-22(25)36)24-21(28)11-30-26(34-24)33-23-5-4-17(10-29-23)12-35-7-6-19(13-35)31-14-37;1-3-2/h7-12,16-19,33H,13-15H2,1-6H3,(H,31,32,34,35);4-5,8-11,14-15,19H,6-7,12-13H2,1-3H3,(H,31,37)(H,29,30,33,34);1-2H3. The number of nitrogens with zero attached hydrogens (tertiary/aromatic N) is 12. The predicted molar refractivity (Wildman–Crippen MR) is 297 cm³/mol. The topological polar surface area (TPSA) is 183 Å². The van der Waals surface area contributed by atoms with Gasteiger partial charge in [-0.3, -0.25) is 19.5 Å². The number of hydrogen-bond acceptors (Lipinski definition) is 16. The number of halogens is 4. The van der Waals surface area contributed by atoms with Gasteiger partial charge in [0, 0.05) is 107 Å². The molecule has 414 valence electrons. The van der Waals surface area contributed by atoms with Crippen LogP contribution in [0.3, 0.4) is 0 Å². The summed E-state index contributed by atoms with van der Waals surface area (Å²) in [4.78, 5) is 49.9. The normalized spacial score (nSPS) is 18.6. The molecule has 0 spiro atoms. The second kappa shape index (κ2) is 24.9. The number of hydrogen-bond donors (Lipinski definition) is 4. The molecule has 3 aliphatic rings. The smallest absolute Gasteiger partial charge is 0.229 e. The van der Waals surface area contributed by atoms with Crippen molar-refractivity contribution in [1.29, 1.82) is 0 Å². The van der Waals surface area contributed by atoms with E-state index in [2.05, 4.69) is 101 Å². The summed E-state index contributed by atoms with van der Waals surface area (Å²) in [6.07, 6.45) is 7.35. The van der Waals surface area contributed by atoms with Crippen molar-refractivity contribution in [1.82, 2.24) is 59.5 Å². The Labute approximate surface area is 453 Å². The number of likely N-dealkylation sites (N-methyl/N-ethyl adjacent to an activating group) is 1. The molecule has 5 aromatic heterocycles. The zero-order valence-electron chi connectivity index (χ0n) is 46.1. The van der Waals surface area contributed by atoms with Gasteiger partial charge in [0.05, 0.1) is 35.5 Å². The molecule has 1 amide bonds. The number of fused-ring (bicyclic) bond motifs is 2. The van der Waals surface area contributed by atoms with Crippen molar-refractivity contribution in [3.05, 3.63) is 114 Å². The number of aryl methyl sites for hydroxylation is 1. The zero-order valence-corrected chi connectivity index (χ0v) is 46.1. The number of methoxy groups -OCH3 is 1. The number of benzene rings is 2. The van der Waals surface area contributed by atoms with Gasteiger partial charge in [0.2, 0.25) is 18.3 Å². The van der Waals surface area contributed by atoms with E-state index in [9.17, 15) is 18.0 Å². The molecular weight excluding hydrogens is 1000 g/mol. The molecule has 78 heavy (non-hydrogen) atoms. The molecule has 2 saturated heterocycles. The number of ether oxygens (including phenoxy) is 1. The highest BCUT2D eigenvalue weighted by molar-refractivity contribution is 5.84. The monoisotopic (exact) mass is 1070 g/mol. The van der Waals surface area contributed by atoms with Crippen molar-refractivity contribution in [2.45, 2.75) is 111 Å². The fourth-order valence-electron chi connectivity index (χ4n) is 10.4. The molecular formula is C56H70F4N16O2. The number of anilines is 6. The fourth-order valence-corrected chi connectivity index (χ4v) is 10.4. The van der Waals surface area contributed by atoms with Crippen LogP contribution < -0.4 is 26.2 Å². The van der Waals surface area contributed by atoms with Crippen LogP contribution in [0.2, 0.25) is 0 Å². The summed E-state index contributed by atoms with van der Waals surface area (Å²) in [7, 11) is 5.43. The molecule has 22 heteroatoms. The van der Waals surface area contributed by atoms with Crippen LogP contribution in [0.4, 0.5) is 52.5 Å². The summed E-state index contributed by atoms with van der Waals surface area (Å²) in [5, 5.41) is 12.0. The Hall–Kier alpha value is -7.40. The first-order valence-electron chi connectivity index (χ1n) is 26.2. The number of carbonyl (C=O) groups is 1. The Morgan fingerprint density at radius 1 is 0.705 bits per heavy atom. The Bertz CT molecular complexity index is 3170. The van der Waals surface area contributed by atoms with Crippen LogP contribution in [0, 0.1) is 30.2 Å². The Kier molecular flexibility index (Phi) is 18.2. The van der Waals surface area contributed by atoms with Gasteiger partial charge >= 0.3 is 0 Å². The minimum Gasteiger partial charge on any atom is -0.388 e. The predicted octanol–water partition coefficient (Wildman–Crippen LogP) is 9.45. The summed E-state index contributed by atoms with van der Waals surface area (Å²) in [6, 6.07) is 15.1. The maximum atomic E-state index is 15.0. The molecule has 4 N–H and O–H groups in total. The minimum absolute atomic E-state index is 0.0170. The van der Waals surface area contributed by atoms with E-state index < -0.39 is 23.3 Å². The molecule has 4 atom stereocenters. The first-order valence-corrected chi connectivity index (χ1v) is 26.2. The minimum atomic E-state index is -0.659. The van der Waals surface area contributed by atoms with E-state index in [0.29, 0.717) is 57.6 Å². The number of carbonyl (C=O) groups excluding carboxylic acids is 1. The van der Waals surface area contributed by atoms with E-state index >= 15 is 4.39 Å². The average Bonchev–Trinajstić information content (AvgIpc) is 4.16. The van der Waals surface area contributed by atoms with Crippen LogP contribution in [-0.4, -0.2) is 138 Å². The third-order valence-electron chi connectivity index (χ3n) is 14.1. The van der Waals surface area contributed by atoms with E-state index in [1.54, 1.807) is 38.6 Å². The highest BCUT2D eigenvalue weighted by atomic mass is 19.1. The SMILES string of the molecule is CC1CN(Cc2ccc(Nc3ncc(F)c(-c4cc(F)c5c(c4)N(C(C)C)C(C)N5)n3)nc2)CC(C)N1C.COC.Cc1nc2c(F)cc(-c3nc(Nc4ccc(CN5CCC(NC=O)C5)cn4)ncc3F)cc2n1C(C)C. The van der Waals surface area contributed by atoms with Gasteiger partial charge in [0.25, 0.3) is 0 Å². The van der Waals surface area contributed by atoms with Crippen LogP contribution in [0.5, 0.6) is 0 Å². The van der Waals surface area contributed by atoms with Crippen LogP contribution >= 0.6 is 0 Å². The molecule has 2 fully saturated rings. The molecule has 10 rings (SSSR count). The first-order chi connectivity index (χ1) is 37.3. The Morgan fingerprint density at radius 2 is 1.26 bits per heavy atom. The van der Waals surface area contributed by atoms with E-state index in [0.717, 1.165) is 75.6 Å². The third-order valence-corrected chi connectivity index (χ3v) is 14.1. The fraction of sp³-hybridized carbons (Fsp3) is 0.429. The zero-order chi connectivity index (χ0) is 55.9. The van der Waals surface area contributed by atoms with Crippen LogP contribution in [0.1, 0.15) is 77.9 Å². The van der Waals surface area contributed by atoms with Gasteiger partial charge in [-0.15, -0.1) is 0 Å². The van der Waals surface area contributed by atoms with Crippen molar-refractivity contribution < 1.29 is 27.1 Å². The van der Waals surface area contributed by atoms with E-state index in [-0.39, 0.29) is 53.1 Å². The maximum Gasteiger partial charge on any atom is 0.229 e. The van der Waals surface area contributed by atoms with Gasteiger partial charge < -0.3 is 35.5 Å². The van der Waals surface area contributed by atoms with E-state index in [1.165, 1.54) is 12.1 Å². The van der Waals surface area contributed by atoms with Crippen LogP contribution in [-0.2, 0) is 22.6 Å². The molecule has 0 radical (unpaired) electrons. The van der Waals surface area contributed by atoms with Gasteiger partial charge in [0.1, 0.15) is 40.2 Å². The summed E-state index contributed by atoms with van der Waals surface area (Å²) >= 11 is 0. The van der Waals surface area contributed by atoms with E-state index in [4.69, 9.17) is 0 Å². The summed E-state index contributed by atoms with van der Waals surface area (Å²) < 4.78 is 65.7. The number of aromatic nitrogens is 8. The van der Waals surface area contributed by atoms with Crippen LogP contribution in [0.25, 0.3) is 33.5 Å². The lowest BCUT2D eigenvalue weighted by molar-refractivity contribution is -0.110.